The van der Waals surface area contributed by atoms with Gasteiger partial charge in [0.2, 0.25) is 15.9 Å². The van der Waals surface area contributed by atoms with E-state index in [1.165, 1.54) is 30.7 Å². The highest BCUT2D eigenvalue weighted by Crippen LogP contribution is 2.47. The van der Waals surface area contributed by atoms with E-state index in [1.807, 2.05) is 0 Å². The van der Waals surface area contributed by atoms with Gasteiger partial charge in [0.1, 0.15) is 35.1 Å². The minimum Gasteiger partial charge on any atom is -0.383 e. The van der Waals surface area contributed by atoms with Gasteiger partial charge in [-0.1, -0.05) is 23.6 Å². The number of carbonyl (C=O) groups is 1. The first-order valence-corrected chi connectivity index (χ1v) is 20.1. The van der Waals surface area contributed by atoms with Gasteiger partial charge in [-0.25, -0.2) is 22.2 Å². The van der Waals surface area contributed by atoms with Crippen LogP contribution in [0, 0.1) is 23.5 Å². The number of hydrogen-bond acceptors (Lipinski definition) is 8. The lowest BCUT2D eigenvalue weighted by Crippen LogP contribution is -2.34. The third-order valence-electron chi connectivity index (χ3n) is 9.67. The Kier molecular flexibility index (Phi) is 10.00. The zero-order valence-electron chi connectivity index (χ0n) is 30.7. The largest absolute Gasteiger partial charge is 0.383 e. The summed E-state index contributed by atoms with van der Waals surface area (Å²) in [5, 5.41) is 34.1. The molecule has 5 aromatic rings. The van der Waals surface area contributed by atoms with Gasteiger partial charge in [-0.15, -0.1) is 0 Å². The van der Waals surface area contributed by atoms with Crippen LogP contribution >= 0.6 is 11.6 Å². The second-order valence-electron chi connectivity index (χ2n) is 14.9. The molecule has 288 valence electrons. The van der Waals surface area contributed by atoms with E-state index in [2.05, 4.69) is 27.0 Å². The molecule has 0 bridgehead atoms. The number of aryl methyl sites for hydroxylation is 1. The summed E-state index contributed by atoms with van der Waals surface area (Å²) in [5.74, 6) is 3.57. The number of anilines is 1. The van der Waals surface area contributed by atoms with E-state index in [0.717, 1.165) is 42.8 Å². The maximum absolute atomic E-state index is 14.6. The van der Waals surface area contributed by atoms with Gasteiger partial charge >= 0.3 is 0 Å². The second kappa shape index (κ2) is 14.3. The second-order valence-corrected chi connectivity index (χ2v) is 17.0. The van der Waals surface area contributed by atoms with Crippen LogP contribution in [0.2, 0.25) is 5.02 Å². The number of nitrogens with zero attached hydrogens (tertiary/aromatic N) is 5. The summed E-state index contributed by atoms with van der Waals surface area (Å²) in [6, 6.07) is 8.74. The Labute approximate surface area is 322 Å². The Morgan fingerprint density at radius 2 is 1.76 bits per heavy atom. The lowest BCUT2D eigenvalue weighted by Gasteiger charge is -2.23. The van der Waals surface area contributed by atoms with Gasteiger partial charge in [-0.05, 0) is 106 Å². The fourth-order valence-corrected chi connectivity index (χ4v) is 7.92. The lowest BCUT2D eigenvalue weighted by molar-refractivity contribution is -0.122. The van der Waals surface area contributed by atoms with Crippen molar-refractivity contribution in [2.24, 2.45) is 7.05 Å². The smallest absolute Gasteiger partial charge is 0.242 e. The van der Waals surface area contributed by atoms with Crippen molar-refractivity contribution >= 4 is 44.3 Å². The minimum atomic E-state index is -3.75. The number of fused-ring (bicyclic) bond motifs is 2. The molecule has 2 aromatic carbocycles. The van der Waals surface area contributed by atoms with Crippen molar-refractivity contribution in [3.63, 3.8) is 0 Å². The molecule has 3 aromatic heterocycles. The van der Waals surface area contributed by atoms with E-state index < -0.39 is 44.8 Å². The fraction of sp³-hybridized carbons (Fsp3) is 0.385. The average molecular weight is 792 g/mol. The zero-order chi connectivity index (χ0) is 39.4. The number of amides is 1. The molecule has 12 nitrogen and oxygen atoms in total. The molecule has 3 heterocycles. The van der Waals surface area contributed by atoms with Gasteiger partial charge < -0.3 is 15.5 Å². The molecule has 1 saturated carbocycles. The van der Waals surface area contributed by atoms with Gasteiger partial charge in [-0.3, -0.25) is 18.9 Å². The summed E-state index contributed by atoms with van der Waals surface area (Å²) in [6.45, 7) is 2.85. The Morgan fingerprint density at radius 3 is 2.44 bits per heavy atom. The molecule has 1 amide bonds. The molecular weight excluding hydrogens is 752 g/mol. The molecule has 0 saturated heterocycles. The topological polar surface area (TPSA) is 164 Å². The first-order valence-electron chi connectivity index (χ1n) is 17.8. The van der Waals surface area contributed by atoms with E-state index in [-0.39, 0.29) is 40.8 Å². The molecule has 2 aliphatic carbocycles. The number of sulfonamides is 1. The monoisotopic (exact) mass is 791 g/mol. The number of benzene rings is 2. The fourth-order valence-electron chi connectivity index (χ4n) is 7.18. The van der Waals surface area contributed by atoms with Crippen LogP contribution < -0.4 is 10.0 Å². The third kappa shape index (κ3) is 8.37. The summed E-state index contributed by atoms with van der Waals surface area (Å²) in [7, 11) is -2.12. The number of carbonyl (C=O) groups excluding carboxylic acids is 1. The van der Waals surface area contributed by atoms with Crippen LogP contribution in [0.15, 0.2) is 42.5 Å². The van der Waals surface area contributed by atoms with Gasteiger partial charge in [0.15, 0.2) is 5.82 Å². The van der Waals surface area contributed by atoms with E-state index in [0.29, 0.717) is 47.0 Å². The van der Waals surface area contributed by atoms with Gasteiger partial charge in [-0.2, -0.15) is 10.2 Å². The summed E-state index contributed by atoms with van der Waals surface area (Å²) >= 11 is 6.64. The number of aromatic nitrogens is 5. The molecule has 0 spiro atoms. The summed E-state index contributed by atoms with van der Waals surface area (Å²) in [5.41, 5.74) is 2.31. The molecule has 1 fully saturated rings. The zero-order valence-corrected chi connectivity index (χ0v) is 32.2. The first-order chi connectivity index (χ1) is 25.9. The van der Waals surface area contributed by atoms with E-state index in [4.69, 9.17) is 21.7 Å². The highest BCUT2D eigenvalue weighted by atomic mass is 35.5. The molecule has 0 unspecified atom stereocenters. The van der Waals surface area contributed by atoms with E-state index in [9.17, 15) is 32.2 Å². The summed E-state index contributed by atoms with van der Waals surface area (Å²) < 4.78 is 59.3. The SMILES string of the molecule is Cn1nc(NS(C)(=O)=O)c2c(Cl)ccc(-c3ccc(C#CC(C)(C)O)nc3[C@H](Cc3cc(F)cc(F)c3)NC(=O)Cn3nc(C4(O)CC4)c4c3CCCC4)c21. The van der Waals surface area contributed by atoms with E-state index >= 15 is 0 Å². The van der Waals surface area contributed by atoms with Gasteiger partial charge in [0.05, 0.1) is 39.6 Å². The van der Waals surface area contributed by atoms with Crippen molar-refractivity contribution in [2.45, 2.75) is 82.6 Å². The van der Waals surface area contributed by atoms with Gasteiger partial charge in [0, 0.05) is 29.9 Å². The predicted molar refractivity (Wildman–Crippen MR) is 204 cm³/mol. The number of rotatable bonds is 10. The Bertz CT molecular complexity index is 2510. The Balaban J connectivity index is 1.38. The van der Waals surface area contributed by atoms with Crippen molar-refractivity contribution in [2.75, 3.05) is 11.0 Å². The molecule has 7 rings (SSSR count). The number of halogens is 3. The van der Waals surface area contributed by atoms with Crippen molar-refractivity contribution in [1.29, 1.82) is 0 Å². The van der Waals surface area contributed by atoms with Crippen LogP contribution in [0.25, 0.3) is 22.0 Å². The van der Waals surface area contributed by atoms with Crippen molar-refractivity contribution in [3.8, 4) is 23.0 Å². The van der Waals surface area contributed by atoms with Crippen LogP contribution in [-0.4, -0.2) is 60.9 Å². The maximum atomic E-state index is 14.6. The molecule has 0 radical (unpaired) electrons. The minimum absolute atomic E-state index is 0.00638. The van der Waals surface area contributed by atoms with Crippen LogP contribution in [0.5, 0.6) is 0 Å². The highest BCUT2D eigenvalue weighted by molar-refractivity contribution is 7.92. The highest BCUT2D eigenvalue weighted by Gasteiger charge is 2.47. The molecule has 4 N–H and O–H groups in total. The Morgan fingerprint density at radius 1 is 1.07 bits per heavy atom. The molecule has 2 aliphatic rings. The van der Waals surface area contributed by atoms with Crippen LogP contribution in [0.3, 0.4) is 0 Å². The number of hydrogen-bond donors (Lipinski definition) is 4. The number of nitrogens with one attached hydrogen (secondary N) is 2. The number of pyridine rings is 1. The van der Waals surface area contributed by atoms with Crippen molar-refractivity contribution in [3.05, 3.63) is 93.0 Å². The van der Waals surface area contributed by atoms with Crippen LogP contribution in [0.4, 0.5) is 14.6 Å². The van der Waals surface area contributed by atoms with Crippen LogP contribution in [-0.2, 0) is 53.3 Å². The van der Waals surface area contributed by atoms with Crippen molar-refractivity contribution in [1.82, 2.24) is 29.9 Å². The summed E-state index contributed by atoms with van der Waals surface area (Å²) in [6.07, 6.45) is 5.46. The third-order valence-corrected chi connectivity index (χ3v) is 10.6. The van der Waals surface area contributed by atoms with E-state index in [1.54, 1.807) is 36.0 Å². The average Bonchev–Trinajstić information content (AvgIpc) is 3.61. The molecule has 16 heteroatoms. The lowest BCUT2D eigenvalue weighted by atomic mass is 9.93. The van der Waals surface area contributed by atoms with Gasteiger partial charge in [0.25, 0.3) is 0 Å². The maximum Gasteiger partial charge on any atom is 0.242 e. The molecule has 1 atom stereocenters. The quantitative estimate of drug-likeness (QED) is 0.140. The first kappa shape index (κ1) is 38.4. The predicted octanol–water partition coefficient (Wildman–Crippen LogP) is 5.22. The standard InChI is InChI=1S/C39H40ClF2N7O5S/c1-38(2,51)14-13-25-9-10-26(27-11-12-29(40)33-35(27)48(3)46-37(33)47-55(4,53)54)34(43-25)30(19-22-17-23(41)20-24(42)18-22)44-32(50)21-49-31-8-6-5-7-28(31)36(45-49)39(52)15-16-39/h9-12,17-18,20,30,51-52H,5-8,15-16,19,21H2,1-4H3,(H,44,50)(H,46,47)/t30-/m0/s1. The summed E-state index contributed by atoms with van der Waals surface area (Å²) in [4.78, 5) is 19.0. The molecular formula is C39H40ClF2N7O5S. The van der Waals surface area contributed by atoms with Crippen molar-refractivity contribution < 1.29 is 32.2 Å². The molecule has 0 aliphatic heterocycles. The molecule has 55 heavy (non-hydrogen) atoms. The van der Waals surface area contributed by atoms with Crippen LogP contribution in [0.1, 0.15) is 79.5 Å². The number of aliphatic hydroxyl groups is 2. The Hall–Kier alpha value is -4.88. The normalized spacial score (nSPS) is 15.6.